The summed E-state index contributed by atoms with van der Waals surface area (Å²) in [5.74, 6) is 0. The highest BCUT2D eigenvalue weighted by atomic mass is 32.1. The molecule has 11 aromatic rings. The SMILES string of the molecule is CC1(C)c2ccccc2-c2c(N(c3ccc(-c4ccccc4)cc3)c3ccc(-c4cccc5c4c4cc6c(cc4n5-c4ccccc4)sc4ccccc46)cc3)cccc21. The van der Waals surface area contributed by atoms with E-state index in [4.69, 9.17) is 0 Å². The summed E-state index contributed by atoms with van der Waals surface area (Å²) in [6.07, 6.45) is 0. The van der Waals surface area contributed by atoms with E-state index in [0.29, 0.717) is 0 Å². The van der Waals surface area contributed by atoms with Gasteiger partial charge in [-0.2, -0.15) is 0 Å². The topological polar surface area (TPSA) is 8.17 Å². The number of benzene rings is 9. The molecule has 1 aliphatic rings. The van der Waals surface area contributed by atoms with Crippen LogP contribution in [0, 0.1) is 0 Å². The molecule has 1 aliphatic carbocycles. The third kappa shape index (κ3) is 5.26. The van der Waals surface area contributed by atoms with Crippen molar-refractivity contribution >= 4 is 70.4 Å². The second kappa shape index (κ2) is 13.4. The molecule has 0 N–H and O–H groups in total. The Labute approximate surface area is 353 Å². The number of thiophene rings is 1. The summed E-state index contributed by atoms with van der Waals surface area (Å²) in [7, 11) is 0. The van der Waals surface area contributed by atoms with Crippen molar-refractivity contribution in [2.24, 2.45) is 0 Å². The van der Waals surface area contributed by atoms with Crippen molar-refractivity contribution in [3.05, 3.63) is 217 Å². The maximum Gasteiger partial charge on any atom is 0.0555 e. The zero-order valence-electron chi connectivity index (χ0n) is 33.4. The molecule has 0 fully saturated rings. The van der Waals surface area contributed by atoms with E-state index in [1.807, 2.05) is 11.3 Å². The zero-order chi connectivity index (χ0) is 40.0. The van der Waals surface area contributed by atoms with Crippen molar-refractivity contribution in [1.82, 2.24) is 4.57 Å². The first-order valence-corrected chi connectivity index (χ1v) is 21.6. The molecule has 0 bridgehead atoms. The average molecular weight is 785 g/mol. The Hall–Kier alpha value is -7.20. The van der Waals surface area contributed by atoms with Crippen molar-refractivity contribution in [1.29, 1.82) is 0 Å². The van der Waals surface area contributed by atoms with Crippen molar-refractivity contribution in [2.45, 2.75) is 19.3 Å². The fourth-order valence-electron chi connectivity index (χ4n) is 9.95. The van der Waals surface area contributed by atoms with Crippen molar-refractivity contribution in [3.8, 4) is 39.1 Å². The summed E-state index contributed by atoms with van der Waals surface area (Å²) < 4.78 is 5.08. The smallest absolute Gasteiger partial charge is 0.0555 e. The maximum absolute atomic E-state index is 2.45. The molecule has 0 saturated heterocycles. The van der Waals surface area contributed by atoms with Crippen molar-refractivity contribution < 1.29 is 0 Å². The Bertz CT molecular complexity index is 3430. The van der Waals surface area contributed by atoms with Gasteiger partial charge in [-0.25, -0.2) is 0 Å². The summed E-state index contributed by atoms with van der Waals surface area (Å²) >= 11 is 1.88. The van der Waals surface area contributed by atoms with Crippen LogP contribution in [0.25, 0.3) is 81.0 Å². The van der Waals surface area contributed by atoms with E-state index >= 15 is 0 Å². The van der Waals surface area contributed by atoms with E-state index in [9.17, 15) is 0 Å². The van der Waals surface area contributed by atoms with Crippen molar-refractivity contribution in [2.75, 3.05) is 4.90 Å². The van der Waals surface area contributed by atoms with Crippen LogP contribution in [-0.2, 0) is 5.41 Å². The number of para-hydroxylation sites is 1. The molecule has 12 rings (SSSR count). The van der Waals surface area contributed by atoms with Crippen molar-refractivity contribution in [3.63, 3.8) is 0 Å². The van der Waals surface area contributed by atoms with Crippen LogP contribution in [0.4, 0.5) is 17.1 Å². The number of hydrogen-bond acceptors (Lipinski definition) is 2. The molecule has 0 atom stereocenters. The Morgan fingerprint density at radius 1 is 0.433 bits per heavy atom. The van der Waals surface area contributed by atoms with Gasteiger partial charge in [0, 0.05) is 59.0 Å². The molecular formula is C57H40N2S. The van der Waals surface area contributed by atoms with Gasteiger partial charge in [0.05, 0.1) is 16.7 Å². The lowest BCUT2D eigenvalue weighted by Gasteiger charge is -2.29. The lowest BCUT2D eigenvalue weighted by atomic mass is 9.82. The van der Waals surface area contributed by atoms with Crippen LogP contribution in [0.1, 0.15) is 25.0 Å². The molecule has 3 heteroatoms. The van der Waals surface area contributed by atoms with Gasteiger partial charge in [-0.1, -0.05) is 153 Å². The van der Waals surface area contributed by atoms with Crippen LogP contribution in [0.3, 0.4) is 0 Å². The first kappa shape index (κ1) is 34.8. The molecule has 2 aromatic heterocycles. The average Bonchev–Trinajstić information content (AvgIpc) is 3.91. The Morgan fingerprint density at radius 2 is 1.05 bits per heavy atom. The number of hydrogen-bond donors (Lipinski definition) is 0. The Balaban J connectivity index is 1.05. The van der Waals surface area contributed by atoms with Gasteiger partial charge < -0.3 is 9.47 Å². The minimum absolute atomic E-state index is 0.104. The summed E-state index contributed by atoms with van der Waals surface area (Å²) in [5, 5.41) is 5.17. The Kier molecular flexibility index (Phi) is 7.79. The molecule has 0 radical (unpaired) electrons. The molecule has 0 unspecified atom stereocenters. The number of anilines is 3. The maximum atomic E-state index is 2.45. The zero-order valence-corrected chi connectivity index (χ0v) is 34.2. The number of fused-ring (bicyclic) bond motifs is 9. The molecule has 9 aromatic carbocycles. The highest BCUT2D eigenvalue weighted by Gasteiger charge is 2.37. The second-order valence-corrected chi connectivity index (χ2v) is 17.6. The number of nitrogens with zero attached hydrogens (tertiary/aromatic N) is 2. The fourth-order valence-corrected chi connectivity index (χ4v) is 11.1. The van der Waals surface area contributed by atoms with Crippen LogP contribution in [0.2, 0.25) is 0 Å². The Morgan fingerprint density at radius 3 is 1.83 bits per heavy atom. The predicted octanol–water partition coefficient (Wildman–Crippen LogP) is 16.3. The minimum Gasteiger partial charge on any atom is -0.310 e. The van der Waals surface area contributed by atoms with Gasteiger partial charge in [0.15, 0.2) is 0 Å². The molecule has 0 spiro atoms. The van der Waals surface area contributed by atoms with Gasteiger partial charge in [-0.05, 0) is 106 Å². The van der Waals surface area contributed by atoms with E-state index in [-0.39, 0.29) is 5.41 Å². The highest BCUT2D eigenvalue weighted by molar-refractivity contribution is 7.25. The largest absolute Gasteiger partial charge is 0.310 e. The lowest BCUT2D eigenvalue weighted by molar-refractivity contribution is 0.660. The molecule has 284 valence electrons. The monoisotopic (exact) mass is 784 g/mol. The van der Waals surface area contributed by atoms with Crippen LogP contribution in [0.5, 0.6) is 0 Å². The van der Waals surface area contributed by atoms with E-state index in [0.717, 1.165) is 11.4 Å². The second-order valence-electron chi connectivity index (χ2n) is 16.5. The molecule has 60 heavy (non-hydrogen) atoms. The van der Waals surface area contributed by atoms with E-state index in [1.165, 1.54) is 97.9 Å². The van der Waals surface area contributed by atoms with Gasteiger partial charge in [0.25, 0.3) is 0 Å². The number of aromatic nitrogens is 1. The van der Waals surface area contributed by atoms with E-state index in [1.54, 1.807) is 0 Å². The van der Waals surface area contributed by atoms with Gasteiger partial charge >= 0.3 is 0 Å². The molecule has 2 heterocycles. The van der Waals surface area contributed by atoms with Gasteiger partial charge in [-0.3, -0.25) is 0 Å². The quantitative estimate of drug-likeness (QED) is 0.163. The summed E-state index contributed by atoms with van der Waals surface area (Å²) in [4.78, 5) is 2.45. The minimum atomic E-state index is -0.104. The van der Waals surface area contributed by atoms with Crippen LogP contribution < -0.4 is 4.90 Å². The first-order valence-electron chi connectivity index (χ1n) is 20.8. The lowest BCUT2D eigenvalue weighted by Crippen LogP contribution is -2.16. The van der Waals surface area contributed by atoms with E-state index in [2.05, 4.69) is 230 Å². The van der Waals surface area contributed by atoms with Gasteiger partial charge in [-0.15, -0.1) is 11.3 Å². The number of rotatable bonds is 6. The van der Waals surface area contributed by atoms with Crippen LogP contribution in [0.15, 0.2) is 206 Å². The van der Waals surface area contributed by atoms with E-state index < -0.39 is 0 Å². The van der Waals surface area contributed by atoms with Gasteiger partial charge in [0.2, 0.25) is 0 Å². The third-order valence-electron chi connectivity index (χ3n) is 12.8. The molecule has 0 amide bonds. The fraction of sp³-hybridized carbons (Fsp3) is 0.0526. The summed E-state index contributed by atoms with van der Waals surface area (Å²) in [6, 6.07) is 76.0. The third-order valence-corrected chi connectivity index (χ3v) is 13.9. The highest BCUT2D eigenvalue weighted by Crippen LogP contribution is 2.54. The van der Waals surface area contributed by atoms with Crippen LogP contribution in [-0.4, -0.2) is 4.57 Å². The summed E-state index contributed by atoms with van der Waals surface area (Å²) in [6.45, 7) is 4.72. The molecule has 0 saturated carbocycles. The molecular weight excluding hydrogens is 745 g/mol. The molecule has 2 nitrogen and oxygen atoms in total. The predicted molar refractivity (Wildman–Crippen MR) is 257 cm³/mol. The first-order chi connectivity index (χ1) is 29.5. The standard InChI is InChI=1S/C57H40N2S/c1-57(2)48-22-11-9-20-45(48)56-49(57)23-14-25-51(56)58(41-31-27-38(28-32-41)37-15-5-3-6-16-37)42-33-29-39(30-34-42)43-21-13-24-50-55(43)47-35-46-44-19-10-12-26-53(44)60-54(46)36-52(47)59(50)40-17-7-4-8-18-40/h3-36H,1-2H3. The normalized spacial score (nSPS) is 13.0. The van der Waals surface area contributed by atoms with Crippen LogP contribution >= 0.6 is 11.3 Å². The van der Waals surface area contributed by atoms with Gasteiger partial charge in [0.1, 0.15) is 0 Å². The summed E-state index contributed by atoms with van der Waals surface area (Å²) in [5.41, 5.74) is 17.1. The molecule has 0 aliphatic heterocycles.